The molecule has 0 fully saturated rings. The largest absolute Gasteiger partial charge is 0.468 e. The maximum Gasteiger partial charge on any atom is 0.422 e. The lowest BCUT2D eigenvalue weighted by atomic mass is 10.1. The highest BCUT2D eigenvalue weighted by Gasteiger charge is 2.35. The van der Waals surface area contributed by atoms with Crippen LogP contribution in [0.2, 0.25) is 5.15 Å². The van der Waals surface area contributed by atoms with E-state index in [1.807, 2.05) is 0 Å². The van der Waals surface area contributed by atoms with Gasteiger partial charge in [0.05, 0.1) is 18.3 Å². The highest BCUT2D eigenvalue weighted by Crippen LogP contribution is 2.30. The molecule has 6 nitrogen and oxygen atoms in total. The van der Waals surface area contributed by atoms with Gasteiger partial charge in [-0.05, 0) is 26.0 Å². The molecule has 1 aromatic rings. The number of carbonyl (C=O) groups is 1. The van der Waals surface area contributed by atoms with E-state index in [0.29, 0.717) is 28.9 Å². The maximum absolute atomic E-state index is 12.6. The van der Waals surface area contributed by atoms with Crippen LogP contribution in [0.15, 0.2) is 35.5 Å². The van der Waals surface area contributed by atoms with Gasteiger partial charge in [0, 0.05) is 22.9 Å². The van der Waals surface area contributed by atoms with Gasteiger partial charge in [-0.3, -0.25) is 10.2 Å². The number of hydrogen-bond donors (Lipinski definition) is 2. The van der Waals surface area contributed by atoms with Crippen molar-refractivity contribution in [3.05, 3.63) is 51.8 Å². The Labute approximate surface area is 152 Å². The molecule has 1 amide bonds. The van der Waals surface area contributed by atoms with Gasteiger partial charge in [0.1, 0.15) is 5.15 Å². The van der Waals surface area contributed by atoms with Crippen molar-refractivity contribution >= 4 is 17.5 Å². The molecule has 0 bridgehead atoms. The molecule has 1 unspecified atom stereocenters. The second-order valence-electron chi connectivity index (χ2n) is 6.00. The van der Waals surface area contributed by atoms with E-state index in [4.69, 9.17) is 16.3 Å². The summed E-state index contributed by atoms with van der Waals surface area (Å²) in [5.74, 6) is -0.193. The normalized spacial score (nSPS) is 18.2. The third-order valence-corrected chi connectivity index (χ3v) is 4.50. The molecule has 0 radical (unpaired) electrons. The standard InChI is InChI=1S/C16H16ClF3N4O2/c1-8-5-12(22-23-14(8)26-7-16(18,19)20)9(2)24-6-11-10(15(24)25)3-4-21-13(11)17/h3-5,9,22-23H,6-7H2,1-2H3. The van der Waals surface area contributed by atoms with E-state index < -0.39 is 12.8 Å². The number of alkyl halides is 3. The summed E-state index contributed by atoms with van der Waals surface area (Å²) in [6, 6.07) is 1.25. The Bertz CT molecular complexity index is 807. The van der Waals surface area contributed by atoms with Gasteiger partial charge in [0.25, 0.3) is 5.91 Å². The van der Waals surface area contributed by atoms with Gasteiger partial charge in [0.15, 0.2) is 6.61 Å². The molecule has 0 saturated heterocycles. The predicted molar refractivity (Wildman–Crippen MR) is 87.6 cm³/mol. The summed E-state index contributed by atoms with van der Waals surface area (Å²) in [5.41, 5.74) is 7.67. The number of pyridine rings is 1. The number of aromatic nitrogens is 1. The van der Waals surface area contributed by atoms with Crippen LogP contribution in [0.1, 0.15) is 29.8 Å². The van der Waals surface area contributed by atoms with E-state index in [1.54, 1.807) is 30.9 Å². The van der Waals surface area contributed by atoms with Crippen molar-refractivity contribution in [3.63, 3.8) is 0 Å². The lowest BCUT2D eigenvalue weighted by Gasteiger charge is -2.31. The van der Waals surface area contributed by atoms with Crippen molar-refractivity contribution in [2.45, 2.75) is 32.6 Å². The van der Waals surface area contributed by atoms with Crippen LogP contribution < -0.4 is 10.9 Å². The highest BCUT2D eigenvalue weighted by molar-refractivity contribution is 6.30. The topological polar surface area (TPSA) is 66.5 Å². The third-order valence-electron chi connectivity index (χ3n) is 4.17. The Morgan fingerprint density at radius 3 is 2.77 bits per heavy atom. The van der Waals surface area contributed by atoms with Crippen LogP contribution >= 0.6 is 11.6 Å². The van der Waals surface area contributed by atoms with Gasteiger partial charge in [-0.15, -0.1) is 0 Å². The lowest BCUT2D eigenvalue weighted by molar-refractivity contribution is -0.166. The zero-order valence-electron chi connectivity index (χ0n) is 13.9. The first-order valence-electron chi connectivity index (χ1n) is 7.76. The van der Waals surface area contributed by atoms with Crippen molar-refractivity contribution in [3.8, 4) is 0 Å². The predicted octanol–water partition coefficient (Wildman–Crippen LogP) is 2.88. The van der Waals surface area contributed by atoms with Crippen LogP contribution in [0.5, 0.6) is 0 Å². The van der Waals surface area contributed by atoms with Crippen LogP contribution in [0.3, 0.4) is 0 Å². The smallest absolute Gasteiger partial charge is 0.422 e. The van der Waals surface area contributed by atoms with Crippen molar-refractivity contribution < 1.29 is 22.7 Å². The molecule has 26 heavy (non-hydrogen) atoms. The Morgan fingerprint density at radius 2 is 2.15 bits per heavy atom. The van der Waals surface area contributed by atoms with Crippen molar-refractivity contribution in [1.82, 2.24) is 20.7 Å². The van der Waals surface area contributed by atoms with Crippen molar-refractivity contribution in [1.29, 1.82) is 0 Å². The molecular formula is C16H16ClF3N4O2. The molecular weight excluding hydrogens is 373 g/mol. The van der Waals surface area contributed by atoms with Crippen molar-refractivity contribution in [2.75, 3.05) is 6.61 Å². The molecule has 10 heteroatoms. The zero-order chi connectivity index (χ0) is 19.1. The number of fused-ring (bicyclic) bond motifs is 1. The minimum atomic E-state index is -4.42. The fourth-order valence-electron chi connectivity index (χ4n) is 2.79. The second kappa shape index (κ2) is 6.71. The van der Waals surface area contributed by atoms with Gasteiger partial charge >= 0.3 is 6.18 Å². The van der Waals surface area contributed by atoms with Gasteiger partial charge in [-0.1, -0.05) is 11.6 Å². The maximum atomic E-state index is 12.6. The van der Waals surface area contributed by atoms with E-state index in [0.717, 1.165) is 0 Å². The first-order chi connectivity index (χ1) is 12.2. The summed E-state index contributed by atoms with van der Waals surface area (Å²) >= 11 is 6.06. The lowest BCUT2D eigenvalue weighted by Crippen LogP contribution is -2.45. The summed E-state index contributed by atoms with van der Waals surface area (Å²) in [6.07, 6.45) is -1.31. The molecule has 1 aromatic heterocycles. The minimum Gasteiger partial charge on any atom is -0.468 e. The molecule has 0 aliphatic carbocycles. The Morgan fingerprint density at radius 1 is 1.42 bits per heavy atom. The summed E-state index contributed by atoms with van der Waals surface area (Å²) < 4.78 is 41.6. The van der Waals surface area contributed by atoms with Crippen LogP contribution in [0.25, 0.3) is 0 Å². The molecule has 1 atom stereocenters. The molecule has 2 N–H and O–H groups in total. The van der Waals surface area contributed by atoms with Gasteiger partial charge in [-0.25, -0.2) is 4.98 Å². The van der Waals surface area contributed by atoms with E-state index in [-0.39, 0.29) is 23.0 Å². The Kier molecular flexibility index (Phi) is 4.74. The van der Waals surface area contributed by atoms with Crippen LogP contribution in [0.4, 0.5) is 13.2 Å². The second-order valence-corrected chi connectivity index (χ2v) is 6.36. The molecule has 3 heterocycles. The molecule has 3 rings (SSSR count). The van der Waals surface area contributed by atoms with Gasteiger partial charge < -0.3 is 15.1 Å². The fourth-order valence-corrected chi connectivity index (χ4v) is 3.00. The fraction of sp³-hybridized carbons (Fsp3) is 0.375. The number of allylic oxidation sites excluding steroid dienone is 2. The quantitative estimate of drug-likeness (QED) is 0.776. The Hall–Kier alpha value is -2.42. The number of hydrogen-bond acceptors (Lipinski definition) is 5. The average Bonchev–Trinajstić information content (AvgIpc) is 2.91. The molecule has 0 saturated carbocycles. The summed E-state index contributed by atoms with van der Waals surface area (Å²) in [4.78, 5) is 18.2. The number of ether oxygens (including phenoxy) is 1. The summed E-state index contributed by atoms with van der Waals surface area (Å²) in [6.45, 7) is 2.34. The highest BCUT2D eigenvalue weighted by atomic mass is 35.5. The SMILES string of the molecule is CC1=C(OCC(F)(F)F)NNC(C(C)N2Cc3c(ccnc3Cl)C2=O)=C1. The number of rotatable bonds is 4. The minimum absolute atomic E-state index is 0.0124. The van der Waals surface area contributed by atoms with Gasteiger partial charge in [0.2, 0.25) is 5.88 Å². The van der Waals surface area contributed by atoms with Crippen molar-refractivity contribution in [2.24, 2.45) is 0 Å². The number of nitrogens with one attached hydrogen (secondary N) is 2. The molecule has 2 aliphatic heterocycles. The zero-order valence-corrected chi connectivity index (χ0v) is 14.7. The first kappa shape index (κ1) is 18.4. The van der Waals surface area contributed by atoms with Gasteiger partial charge in [-0.2, -0.15) is 13.2 Å². The number of amides is 1. The molecule has 0 aromatic carbocycles. The van der Waals surface area contributed by atoms with Crippen LogP contribution in [0, 0.1) is 0 Å². The number of halogens is 4. The van der Waals surface area contributed by atoms with Crippen LogP contribution in [-0.4, -0.2) is 34.6 Å². The number of nitrogens with zero attached hydrogens (tertiary/aromatic N) is 2. The number of carbonyl (C=O) groups excluding carboxylic acids is 1. The third kappa shape index (κ3) is 3.57. The Balaban J connectivity index is 1.75. The monoisotopic (exact) mass is 388 g/mol. The molecule has 0 spiro atoms. The van der Waals surface area contributed by atoms with E-state index in [1.165, 1.54) is 6.20 Å². The summed E-state index contributed by atoms with van der Waals surface area (Å²) in [5, 5.41) is 0.285. The molecule has 140 valence electrons. The average molecular weight is 389 g/mol. The van der Waals surface area contributed by atoms with Crippen LogP contribution in [-0.2, 0) is 11.3 Å². The summed E-state index contributed by atoms with van der Waals surface area (Å²) in [7, 11) is 0. The molecule has 2 aliphatic rings. The number of hydrazine groups is 1. The van der Waals surface area contributed by atoms with E-state index >= 15 is 0 Å². The first-order valence-corrected chi connectivity index (χ1v) is 8.13. The van der Waals surface area contributed by atoms with E-state index in [9.17, 15) is 18.0 Å². The van der Waals surface area contributed by atoms with E-state index in [2.05, 4.69) is 15.8 Å².